The average Bonchev–Trinajstić information content (AvgIpc) is 3.73. The first-order valence-electron chi connectivity index (χ1n) is 14.5. The number of nitrogens with one attached hydrogen (secondary N) is 4. The van der Waals surface area contributed by atoms with Crippen molar-refractivity contribution in [1.82, 2.24) is 25.8 Å². The van der Waals surface area contributed by atoms with Crippen LogP contribution in [0, 0.1) is 17.8 Å². The van der Waals surface area contributed by atoms with Gasteiger partial charge in [0.05, 0.1) is 6.04 Å². The third kappa shape index (κ3) is 6.37. The highest BCUT2D eigenvalue weighted by molar-refractivity contribution is 6.38. The van der Waals surface area contributed by atoms with Gasteiger partial charge in [-0.25, -0.2) is 0 Å². The summed E-state index contributed by atoms with van der Waals surface area (Å²) in [4.78, 5) is 70.9. The van der Waals surface area contributed by atoms with Crippen LogP contribution in [0.2, 0.25) is 0 Å². The molecule has 3 heterocycles. The summed E-state index contributed by atoms with van der Waals surface area (Å²) in [5.41, 5.74) is 2.03. The molecule has 4 amide bonds. The van der Waals surface area contributed by atoms with Crippen molar-refractivity contribution in [2.45, 2.75) is 51.7 Å². The fourth-order valence-electron chi connectivity index (χ4n) is 5.85. The molecule has 0 bridgehead atoms. The Morgan fingerprint density at radius 3 is 2.45 bits per heavy atom. The van der Waals surface area contributed by atoms with Crippen LogP contribution in [-0.2, 0) is 25.7 Å². The van der Waals surface area contributed by atoms with Crippen molar-refractivity contribution < 1.29 is 24.0 Å². The van der Waals surface area contributed by atoms with E-state index in [0.717, 1.165) is 16.5 Å². The number of ketones is 1. The van der Waals surface area contributed by atoms with E-state index < -0.39 is 35.6 Å². The Morgan fingerprint density at radius 2 is 1.76 bits per heavy atom. The molecule has 2 fully saturated rings. The van der Waals surface area contributed by atoms with Gasteiger partial charge in [-0.05, 0) is 48.8 Å². The third-order valence-corrected chi connectivity index (χ3v) is 8.44. The first-order valence-corrected chi connectivity index (χ1v) is 14.5. The summed E-state index contributed by atoms with van der Waals surface area (Å²) in [6.45, 7) is 5.13. The number of carbonyl (C=O) groups is 5. The number of Topliss-reactive ketones (excluding diaryl/α,β-unsaturated/α-hetero) is 1. The van der Waals surface area contributed by atoms with Gasteiger partial charge in [0.2, 0.25) is 17.6 Å². The number of amides is 4. The number of para-hydroxylation sites is 1. The van der Waals surface area contributed by atoms with Gasteiger partial charge in [-0.3, -0.25) is 24.0 Å². The second-order valence-corrected chi connectivity index (χ2v) is 11.6. The van der Waals surface area contributed by atoms with Crippen LogP contribution >= 0.6 is 0 Å². The number of benzene rings is 2. The summed E-state index contributed by atoms with van der Waals surface area (Å²) < 4.78 is 0. The van der Waals surface area contributed by atoms with Crippen LogP contribution in [0.5, 0.6) is 0 Å². The lowest BCUT2D eigenvalue weighted by atomic mass is 9.92. The minimum atomic E-state index is -1.20. The lowest BCUT2D eigenvalue weighted by Gasteiger charge is -2.26. The fraction of sp³-hybridized carbons (Fsp3) is 0.406. The van der Waals surface area contributed by atoms with Crippen LogP contribution in [0.1, 0.15) is 49.2 Å². The van der Waals surface area contributed by atoms with Gasteiger partial charge < -0.3 is 25.8 Å². The molecule has 4 N–H and O–H groups in total. The van der Waals surface area contributed by atoms with E-state index in [0.29, 0.717) is 31.6 Å². The molecule has 0 spiro atoms. The Kier molecular flexibility index (Phi) is 8.70. The molecule has 4 atom stereocenters. The minimum absolute atomic E-state index is 0.00541. The summed E-state index contributed by atoms with van der Waals surface area (Å²) in [7, 11) is 0. The van der Waals surface area contributed by atoms with Gasteiger partial charge in [0.25, 0.3) is 11.8 Å². The quantitative estimate of drug-likeness (QED) is 0.277. The zero-order valence-electron chi connectivity index (χ0n) is 23.9. The molecule has 1 unspecified atom stereocenters. The van der Waals surface area contributed by atoms with E-state index in [1.54, 1.807) is 11.0 Å². The summed E-state index contributed by atoms with van der Waals surface area (Å²) in [5.74, 6) is -2.85. The summed E-state index contributed by atoms with van der Waals surface area (Å²) >= 11 is 0. The molecule has 3 aromatic rings. The molecule has 2 aliphatic heterocycles. The minimum Gasteiger partial charge on any atom is -0.356 e. The average molecular weight is 572 g/mol. The van der Waals surface area contributed by atoms with Gasteiger partial charge in [-0.2, -0.15) is 0 Å². The second-order valence-electron chi connectivity index (χ2n) is 11.6. The second kappa shape index (κ2) is 12.6. The van der Waals surface area contributed by atoms with Gasteiger partial charge in [-0.15, -0.1) is 0 Å². The Morgan fingerprint density at radius 1 is 1.02 bits per heavy atom. The Hall–Kier alpha value is -4.47. The van der Waals surface area contributed by atoms with Crippen LogP contribution < -0.4 is 16.0 Å². The highest BCUT2D eigenvalue weighted by Gasteiger charge is 2.43. The first-order chi connectivity index (χ1) is 20.2. The van der Waals surface area contributed by atoms with E-state index in [4.69, 9.17) is 0 Å². The van der Waals surface area contributed by atoms with Crippen molar-refractivity contribution in [2.24, 2.45) is 17.8 Å². The zero-order valence-corrected chi connectivity index (χ0v) is 23.9. The van der Waals surface area contributed by atoms with Crippen LogP contribution in [0.25, 0.3) is 10.9 Å². The van der Waals surface area contributed by atoms with E-state index in [1.165, 1.54) is 0 Å². The standard InChI is InChI=1S/C32H37N5O5/c1-19(2)23-16-27(37(18-23)32(42)26-14-21-10-6-7-11-24(21)35-26)30(40)36-25(15-22-12-13-33-29(22)39)28(38)31(41)34-17-20-8-4-3-5-9-20/h3-11,14,19,22-23,25,27,35H,12-13,15-18H2,1-2H3,(H,33,39)(H,34,41)(H,36,40)/t22-,23+,25?,27-/m0/s1. The number of nitrogens with zero attached hydrogens (tertiary/aromatic N) is 1. The Bertz CT molecular complexity index is 1450. The molecule has 2 aliphatic rings. The van der Waals surface area contributed by atoms with E-state index in [1.807, 2.05) is 54.6 Å². The molecule has 220 valence electrons. The number of likely N-dealkylation sites (tertiary alicyclic amines) is 1. The van der Waals surface area contributed by atoms with Gasteiger partial charge in [0, 0.05) is 36.5 Å². The predicted molar refractivity (Wildman–Crippen MR) is 157 cm³/mol. The maximum absolute atomic E-state index is 13.8. The zero-order chi connectivity index (χ0) is 29.8. The summed E-state index contributed by atoms with van der Waals surface area (Å²) in [6, 6.07) is 16.5. The van der Waals surface area contributed by atoms with E-state index in [2.05, 4.69) is 34.8 Å². The topological polar surface area (TPSA) is 140 Å². The van der Waals surface area contributed by atoms with Crippen LogP contribution in [0.3, 0.4) is 0 Å². The van der Waals surface area contributed by atoms with Crippen LogP contribution in [-0.4, -0.2) is 64.5 Å². The molecule has 1 aromatic heterocycles. The Balaban J connectivity index is 1.34. The first kappa shape index (κ1) is 29.0. The molecule has 5 rings (SSSR count). The monoisotopic (exact) mass is 571 g/mol. The van der Waals surface area contributed by atoms with Gasteiger partial charge in [-0.1, -0.05) is 62.4 Å². The number of carbonyl (C=O) groups excluding carboxylic acids is 5. The molecule has 2 aromatic carbocycles. The molecule has 42 heavy (non-hydrogen) atoms. The largest absolute Gasteiger partial charge is 0.356 e. The van der Waals surface area contributed by atoms with Crippen LogP contribution in [0.15, 0.2) is 60.7 Å². The van der Waals surface area contributed by atoms with Gasteiger partial charge >= 0.3 is 0 Å². The molecule has 0 radical (unpaired) electrons. The molecule has 10 nitrogen and oxygen atoms in total. The molecule has 0 aliphatic carbocycles. The molecular weight excluding hydrogens is 534 g/mol. The van der Waals surface area contributed by atoms with Crippen molar-refractivity contribution in [3.63, 3.8) is 0 Å². The molecular formula is C32H37N5O5. The number of fused-ring (bicyclic) bond motifs is 1. The van der Waals surface area contributed by atoms with Crippen molar-refractivity contribution in [1.29, 1.82) is 0 Å². The SMILES string of the molecule is CC(C)[C@@H]1C[C@@H](C(=O)NC(C[C@@H]2CCNC2=O)C(=O)C(=O)NCc2ccccc2)N(C(=O)c2cc3ccccc3[nH]2)C1. The van der Waals surface area contributed by atoms with Crippen molar-refractivity contribution in [3.8, 4) is 0 Å². The smallest absolute Gasteiger partial charge is 0.289 e. The maximum atomic E-state index is 13.8. The van der Waals surface area contributed by atoms with E-state index in [-0.39, 0.29) is 36.6 Å². The highest BCUT2D eigenvalue weighted by Crippen LogP contribution is 2.31. The highest BCUT2D eigenvalue weighted by atomic mass is 16.2. The van der Waals surface area contributed by atoms with Crippen LogP contribution in [0.4, 0.5) is 0 Å². The lowest BCUT2D eigenvalue weighted by Crippen LogP contribution is -2.54. The van der Waals surface area contributed by atoms with E-state index >= 15 is 0 Å². The summed E-state index contributed by atoms with van der Waals surface area (Å²) in [6.07, 6.45) is 0.944. The van der Waals surface area contributed by atoms with Crippen molar-refractivity contribution in [2.75, 3.05) is 13.1 Å². The number of H-pyrrole nitrogens is 1. The number of aromatic nitrogens is 1. The lowest BCUT2D eigenvalue weighted by molar-refractivity contribution is -0.141. The predicted octanol–water partition coefficient (Wildman–Crippen LogP) is 2.55. The van der Waals surface area contributed by atoms with Crippen molar-refractivity contribution >= 4 is 40.3 Å². The number of hydrogen-bond acceptors (Lipinski definition) is 5. The number of aromatic amines is 1. The number of rotatable bonds is 10. The third-order valence-electron chi connectivity index (χ3n) is 8.44. The van der Waals surface area contributed by atoms with Gasteiger partial charge in [0.15, 0.2) is 0 Å². The molecule has 10 heteroatoms. The normalized spacial score (nSPS) is 20.9. The molecule has 2 saturated heterocycles. The fourth-order valence-corrected chi connectivity index (χ4v) is 5.85. The van der Waals surface area contributed by atoms with E-state index in [9.17, 15) is 24.0 Å². The summed E-state index contributed by atoms with van der Waals surface area (Å²) in [5, 5.41) is 9.05. The molecule has 0 saturated carbocycles. The van der Waals surface area contributed by atoms with Crippen molar-refractivity contribution in [3.05, 3.63) is 71.9 Å². The Labute approximate surface area is 244 Å². The number of hydrogen-bond donors (Lipinski definition) is 4. The maximum Gasteiger partial charge on any atom is 0.289 e. The van der Waals surface area contributed by atoms with Gasteiger partial charge in [0.1, 0.15) is 11.7 Å².